The zero-order valence-electron chi connectivity index (χ0n) is 15.2. The molecule has 1 aliphatic rings. The van der Waals surface area contributed by atoms with Crippen molar-refractivity contribution in [2.24, 2.45) is 0 Å². The molecule has 1 amide bonds. The fourth-order valence-corrected chi connectivity index (χ4v) is 2.97. The van der Waals surface area contributed by atoms with Gasteiger partial charge in [0.1, 0.15) is 17.9 Å². The molecule has 142 valence electrons. The monoisotopic (exact) mass is 388 g/mol. The van der Waals surface area contributed by atoms with E-state index in [0.717, 1.165) is 11.4 Å². The Balaban J connectivity index is 1.54. The maximum Gasteiger partial charge on any atom is 0.344 e. The molecular formula is C20H21ClN2O4. The van der Waals surface area contributed by atoms with Gasteiger partial charge in [0.05, 0.1) is 17.9 Å². The molecule has 0 spiro atoms. The Kier molecular flexibility index (Phi) is 5.56. The average Bonchev–Trinajstić information content (AvgIpc) is 2.64. The van der Waals surface area contributed by atoms with Gasteiger partial charge in [-0.15, -0.1) is 0 Å². The normalized spacial score (nSPS) is 14.9. The average molecular weight is 389 g/mol. The third-order valence-corrected chi connectivity index (χ3v) is 4.42. The predicted molar refractivity (Wildman–Crippen MR) is 104 cm³/mol. The second-order valence-electron chi connectivity index (χ2n) is 6.69. The van der Waals surface area contributed by atoms with Crippen LogP contribution in [0, 0.1) is 0 Å². The first kappa shape index (κ1) is 19.0. The third kappa shape index (κ3) is 4.52. The molecule has 1 aliphatic heterocycles. The molecule has 1 heterocycles. The van der Waals surface area contributed by atoms with Crippen molar-refractivity contribution in [3.8, 4) is 5.75 Å². The number of hydrogen-bond acceptors (Lipinski definition) is 5. The molecule has 2 aromatic carbocycles. The van der Waals surface area contributed by atoms with Crippen LogP contribution in [0.5, 0.6) is 5.75 Å². The number of para-hydroxylation sites is 2. The molecule has 0 atom stereocenters. The van der Waals surface area contributed by atoms with Crippen molar-refractivity contribution in [3.63, 3.8) is 0 Å². The fourth-order valence-electron chi connectivity index (χ4n) is 2.84. The lowest BCUT2D eigenvalue weighted by molar-refractivity contribution is -0.146. The van der Waals surface area contributed by atoms with Gasteiger partial charge in [-0.2, -0.15) is 0 Å². The molecule has 6 nitrogen and oxygen atoms in total. The summed E-state index contributed by atoms with van der Waals surface area (Å²) in [5.74, 6) is -0.0425. The predicted octanol–water partition coefficient (Wildman–Crippen LogP) is 3.50. The van der Waals surface area contributed by atoms with Gasteiger partial charge in [-0.05, 0) is 50.2 Å². The number of benzene rings is 2. The molecule has 0 aromatic heterocycles. The molecule has 2 aromatic rings. The van der Waals surface area contributed by atoms with Crippen molar-refractivity contribution >= 4 is 34.9 Å². The summed E-state index contributed by atoms with van der Waals surface area (Å²) in [6.45, 7) is 3.79. The summed E-state index contributed by atoms with van der Waals surface area (Å²) in [7, 11) is 0. The van der Waals surface area contributed by atoms with Crippen molar-refractivity contribution in [2.45, 2.75) is 19.4 Å². The van der Waals surface area contributed by atoms with Crippen LogP contribution in [0.3, 0.4) is 0 Å². The van der Waals surface area contributed by atoms with E-state index in [1.807, 2.05) is 38.1 Å². The van der Waals surface area contributed by atoms with E-state index in [1.165, 1.54) is 0 Å². The topological polar surface area (TPSA) is 67.9 Å². The fraction of sp³-hybridized carbons (Fsp3) is 0.300. The zero-order valence-corrected chi connectivity index (χ0v) is 16.0. The molecular weight excluding hydrogens is 368 g/mol. The number of nitrogens with zero attached hydrogens (tertiary/aromatic N) is 1. The Bertz CT molecular complexity index is 836. The number of carbonyl (C=O) groups excluding carboxylic acids is 2. The minimum atomic E-state index is -0.726. The summed E-state index contributed by atoms with van der Waals surface area (Å²) < 4.78 is 10.6. The van der Waals surface area contributed by atoms with E-state index < -0.39 is 11.5 Å². The number of nitrogens with one attached hydrogen (secondary N) is 1. The van der Waals surface area contributed by atoms with Gasteiger partial charge >= 0.3 is 5.97 Å². The highest BCUT2D eigenvalue weighted by atomic mass is 35.5. The van der Waals surface area contributed by atoms with E-state index in [4.69, 9.17) is 21.1 Å². The van der Waals surface area contributed by atoms with Gasteiger partial charge < -0.3 is 19.7 Å². The Morgan fingerprint density at radius 3 is 2.59 bits per heavy atom. The number of hydrogen-bond donors (Lipinski definition) is 1. The second-order valence-corrected chi connectivity index (χ2v) is 7.12. The third-order valence-electron chi connectivity index (χ3n) is 4.17. The molecule has 0 unspecified atom stereocenters. The molecule has 0 aliphatic carbocycles. The maximum absolute atomic E-state index is 12.7. The highest BCUT2D eigenvalue weighted by Gasteiger charge is 2.38. The molecule has 0 radical (unpaired) electrons. The Hall–Kier alpha value is -2.73. The van der Waals surface area contributed by atoms with Crippen LogP contribution in [0.15, 0.2) is 48.5 Å². The van der Waals surface area contributed by atoms with Crippen molar-refractivity contribution < 1.29 is 19.1 Å². The van der Waals surface area contributed by atoms with Crippen LogP contribution in [-0.2, 0) is 14.3 Å². The molecule has 0 bridgehead atoms. The molecule has 3 rings (SSSR count). The number of amides is 1. The van der Waals surface area contributed by atoms with Crippen LogP contribution in [0.2, 0.25) is 5.02 Å². The van der Waals surface area contributed by atoms with Gasteiger partial charge in [-0.25, -0.2) is 4.79 Å². The highest BCUT2D eigenvalue weighted by molar-refractivity contribution is 6.30. The molecule has 7 heteroatoms. The number of esters is 1. The quantitative estimate of drug-likeness (QED) is 0.767. The van der Waals surface area contributed by atoms with Crippen LogP contribution in [0.4, 0.5) is 11.4 Å². The summed E-state index contributed by atoms with van der Waals surface area (Å²) in [5.41, 5.74) is 0.922. The van der Waals surface area contributed by atoms with Crippen molar-refractivity contribution in [2.75, 3.05) is 30.0 Å². The Morgan fingerprint density at radius 1 is 1.15 bits per heavy atom. The standard InChI is InChI=1S/C20H21ClN2O4/c1-20(2)19(25)23(17-6-4-3-5-16(17)22-20)11-12-26-18(24)13-27-15-9-7-14(21)8-10-15/h3-10,22H,11-13H2,1-2H3. The van der Waals surface area contributed by atoms with E-state index in [1.54, 1.807) is 29.2 Å². The first-order valence-corrected chi connectivity index (χ1v) is 8.98. The largest absolute Gasteiger partial charge is 0.482 e. The number of carbonyl (C=O) groups is 2. The molecule has 0 fully saturated rings. The SMILES string of the molecule is CC1(C)Nc2ccccc2N(CCOC(=O)COc2ccc(Cl)cc2)C1=O. The summed E-state index contributed by atoms with van der Waals surface area (Å²) in [5, 5.41) is 3.82. The summed E-state index contributed by atoms with van der Waals surface area (Å²) in [6.07, 6.45) is 0. The van der Waals surface area contributed by atoms with Gasteiger partial charge in [-0.1, -0.05) is 23.7 Å². The van der Waals surface area contributed by atoms with Gasteiger partial charge in [0.25, 0.3) is 5.91 Å². The van der Waals surface area contributed by atoms with Crippen LogP contribution in [0.1, 0.15) is 13.8 Å². The minimum Gasteiger partial charge on any atom is -0.482 e. The summed E-state index contributed by atoms with van der Waals surface area (Å²) in [6, 6.07) is 14.3. The van der Waals surface area contributed by atoms with Crippen molar-refractivity contribution in [1.82, 2.24) is 0 Å². The molecule has 27 heavy (non-hydrogen) atoms. The van der Waals surface area contributed by atoms with Crippen LogP contribution in [-0.4, -0.2) is 37.2 Å². The highest BCUT2D eigenvalue weighted by Crippen LogP contribution is 2.34. The van der Waals surface area contributed by atoms with E-state index in [9.17, 15) is 9.59 Å². The van der Waals surface area contributed by atoms with Gasteiger partial charge in [0, 0.05) is 5.02 Å². The lowest BCUT2D eigenvalue weighted by Crippen LogP contribution is -2.54. The van der Waals surface area contributed by atoms with E-state index in [2.05, 4.69) is 5.32 Å². The van der Waals surface area contributed by atoms with Crippen molar-refractivity contribution in [1.29, 1.82) is 0 Å². The summed E-state index contributed by atoms with van der Waals surface area (Å²) in [4.78, 5) is 26.2. The second kappa shape index (κ2) is 7.88. The van der Waals surface area contributed by atoms with Gasteiger partial charge in [0.15, 0.2) is 6.61 Å². The summed E-state index contributed by atoms with van der Waals surface area (Å²) >= 11 is 5.80. The lowest BCUT2D eigenvalue weighted by Gasteiger charge is -2.39. The Morgan fingerprint density at radius 2 is 1.85 bits per heavy atom. The van der Waals surface area contributed by atoms with E-state index in [0.29, 0.717) is 10.8 Å². The van der Waals surface area contributed by atoms with E-state index >= 15 is 0 Å². The smallest absolute Gasteiger partial charge is 0.344 e. The zero-order chi connectivity index (χ0) is 19.4. The van der Waals surface area contributed by atoms with Gasteiger partial charge in [0.2, 0.25) is 0 Å². The molecule has 0 saturated heterocycles. The van der Waals surface area contributed by atoms with Crippen molar-refractivity contribution in [3.05, 3.63) is 53.6 Å². The first-order valence-electron chi connectivity index (χ1n) is 8.60. The number of fused-ring (bicyclic) bond motifs is 1. The van der Waals surface area contributed by atoms with Crippen LogP contribution < -0.4 is 15.0 Å². The number of ether oxygens (including phenoxy) is 2. The number of halogens is 1. The lowest BCUT2D eigenvalue weighted by atomic mass is 9.98. The number of rotatable bonds is 6. The number of anilines is 2. The molecule has 0 saturated carbocycles. The van der Waals surface area contributed by atoms with Crippen LogP contribution >= 0.6 is 11.6 Å². The molecule has 1 N–H and O–H groups in total. The Labute approximate surface area is 163 Å². The van der Waals surface area contributed by atoms with E-state index in [-0.39, 0.29) is 25.7 Å². The van der Waals surface area contributed by atoms with Gasteiger partial charge in [-0.3, -0.25) is 4.79 Å². The minimum absolute atomic E-state index is 0.0744. The maximum atomic E-state index is 12.7. The first-order chi connectivity index (χ1) is 12.9. The van der Waals surface area contributed by atoms with Crippen LogP contribution in [0.25, 0.3) is 0 Å².